The van der Waals surface area contributed by atoms with Crippen LogP contribution in [-0.4, -0.2) is 10.9 Å². The molecule has 0 fully saturated rings. The summed E-state index contributed by atoms with van der Waals surface area (Å²) in [5, 5.41) is 3.44. The zero-order valence-electron chi connectivity index (χ0n) is 7.87. The first-order valence-corrected chi connectivity index (χ1v) is 5.04. The van der Waals surface area contributed by atoms with Gasteiger partial charge in [-0.3, -0.25) is 5.43 Å². The fourth-order valence-electron chi connectivity index (χ4n) is 0.593. The minimum atomic E-state index is -2.15. The fourth-order valence-corrected chi connectivity index (χ4v) is 1.02. The molecule has 0 aromatic heterocycles. The van der Waals surface area contributed by atoms with Crippen LogP contribution in [0, 0.1) is 0 Å². The van der Waals surface area contributed by atoms with Crippen molar-refractivity contribution in [2.24, 2.45) is 22.5 Å². The van der Waals surface area contributed by atoms with Crippen LogP contribution in [0.25, 0.3) is 0 Å². The third-order valence-electron chi connectivity index (χ3n) is 1.26. The maximum absolute atomic E-state index is 10.3. The summed E-state index contributed by atoms with van der Waals surface area (Å²) in [6, 6.07) is 8.53. The molecule has 0 saturated heterocycles. The topological polar surface area (TPSA) is 140 Å². The molecule has 0 aliphatic rings. The van der Waals surface area contributed by atoms with E-state index in [4.69, 9.17) is 16.5 Å². The fraction of sp³-hybridized carbons (Fsp3) is 0. The van der Waals surface area contributed by atoms with Crippen molar-refractivity contribution in [2.75, 3.05) is 0 Å². The highest BCUT2D eigenvalue weighted by atomic mass is 31.1. The third-order valence-corrected chi connectivity index (χ3v) is 2.00. The molecule has 0 amide bonds. The van der Waals surface area contributed by atoms with Crippen LogP contribution < -0.4 is 28.1 Å². The normalized spacial score (nSPS) is 11.1. The first kappa shape index (κ1) is 13.3. The van der Waals surface area contributed by atoms with Crippen molar-refractivity contribution >= 4 is 19.3 Å². The van der Waals surface area contributed by atoms with Crippen molar-refractivity contribution in [1.82, 2.24) is 5.43 Å². The van der Waals surface area contributed by atoms with E-state index in [1.807, 2.05) is 11.5 Å². The van der Waals surface area contributed by atoms with E-state index in [0.717, 1.165) is 0 Å². The molecule has 0 spiro atoms. The minimum absolute atomic E-state index is 0.0231. The van der Waals surface area contributed by atoms with Gasteiger partial charge in [0, 0.05) is 0 Å². The molecule has 0 radical (unpaired) electrons. The lowest BCUT2D eigenvalue weighted by atomic mass is 10.4. The molecule has 82 valence electrons. The summed E-state index contributed by atoms with van der Waals surface area (Å²) in [5.74, 6) is 9.32. The molecule has 1 rings (SSSR count). The number of rotatable bonds is 1. The van der Waals surface area contributed by atoms with E-state index < -0.39 is 8.03 Å². The van der Waals surface area contributed by atoms with Crippen LogP contribution in [0.5, 0.6) is 0 Å². The van der Waals surface area contributed by atoms with Crippen molar-refractivity contribution in [3.63, 3.8) is 0 Å². The average Bonchev–Trinajstić information content (AvgIpc) is 2.30. The second-order valence-electron chi connectivity index (χ2n) is 2.27. The number of nitrogens with one attached hydrogen (secondary N) is 1. The molecule has 0 saturated carbocycles. The first-order valence-electron chi connectivity index (χ1n) is 3.83. The summed E-state index contributed by atoms with van der Waals surface area (Å²) in [5.41, 5.74) is 6.88. The van der Waals surface area contributed by atoms with E-state index in [9.17, 15) is 4.57 Å². The summed E-state index contributed by atoms with van der Waals surface area (Å²) in [4.78, 5) is 8.53. The SMILES string of the molecule is NN=C(N)NN.O=[P+](O)c1ccccc1. The van der Waals surface area contributed by atoms with Crippen molar-refractivity contribution in [2.45, 2.75) is 0 Å². The van der Waals surface area contributed by atoms with Crippen molar-refractivity contribution in [3.05, 3.63) is 30.3 Å². The number of hydrogen-bond donors (Lipinski definition) is 5. The van der Waals surface area contributed by atoms with Gasteiger partial charge in [-0.15, -0.1) is 5.10 Å². The molecule has 7 nitrogen and oxygen atoms in total. The number of hydrogen-bond acceptors (Lipinski definition) is 4. The molecule has 0 aliphatic heterocycles. The minimum Gasteiger partial charge on any atom is -0.367 e. The number of hydrazine groups is 1. The molecular formula is C7H13N5O2P+. The summed E-state index contributed by atoms with van der Waals surface area (Å²) in [6.07, 6.45) is 0. The number of nitrogens with zero attached hydrogens (tertiary/aromatic N) is 1. The predicted molar refractivity (Wildman–Crippen MR) is 59.0 cm³/mol. The van der Waals surface area contributed by atoms with Crippen LogP contribution in [0.3, 0.4) is 0 Å². The Morgan fingerprint density at radius 3 is 2.13 bits per heavy atom. The van der Waals surface area contributed by atoms with Gasteiger partial charge in [0.05, 0.1) is 0 Å². The maximum atomic E-state index is 10.3. The van der Waals surface area contributed by atoms with E-state index >= 15 is 0 Å². The Hall–Kier alpha value is -1.69. The van der Waals surface area contributed by atoms with Crippen LogP contribution in [0.4, 0.5) is 0 Å². The van der Waals surface area contributed by atoms with E-state index in [1.165, 1.54) is 0 Å². The summed E-state index contributed by atoms with van der Waals surface area (Å²) < 4.78 is 10.3. The standard InChI is InChI=1S/C6H5O2P.CH7N5/c7-9(8)6-4-2-1-3-5-6;2-1(5-3)6-4/h1-5H;3-4H2,(H3,2,5,6)/p+1. The van der Waals surface area contributed by atoms with Crippen molar-refractivity contribution in [3.8, 4) is 0 Å². The van der Waals surface area contributed by atoms with E-state index in [-0.39, 0.29) is 5.96 Å². The van der Waals surface area contributed by atoms with E-state index in [2.05, 4.69) is 10.9 Å². The largest absolute Gasteiger partial charge is 0.546 e. The summed E-state index contributed by atoms with van der Waals surface area (Å²) in [6.45, 7) is 0. The molecule has 8 heteroatoms. The van der Waals surface area contributed by atoms with E-state index in [0.29, 0.717) is 5.30 Å². The molecule has 15 heavy (non-hydrogen) atoms. The van der Waals surface area contributed by atoms with Gasteiger partial charge in [0.2, 0.25) is 11.3 Å². The molecule has 1 atom stereocenters. The Kier molecular flexibility index (Phi) is 6.82. The van der Waals surface area contributed by atoms with Gasteiger partial charge in [-0.05, 0) is 16.7 Å². The van der Waals surface area contributed by atoms with Gasteiger partial charge in [0.15, 0.2) is 0 Å². The number of hydrazone groups is 1. The van der Waals surface area contributed by atoms with Gasteiger partial charge >= 0.3 is 8.03 Å². The number of benzene rings is 1. The Morgan fingerprint density at radius 1 is 1.40 bits per heavy atom. The van der Waals surface area contributed by atoms with Gasteiger partial charge in [0.1, 0.15) is 0 Å². The van der Waals surface area contributed by atoms with Gasteiger partial charge < -0.3 is 11.6 Å². The second-order valence-corrected chi connectivity index (χ2v) is 3.33. The van der Waals surface area contributed by atoms with Crippen molar-refractivity contribution in [1.29, 1.82) is 0 Å². The Morgan fingerprint density at radius 2 is 1.93 bits per heavy atom. The second kappa shape index (κ2) is 7.69. The zero-order chi connectivity index (χ0) is 11.7. The predicted octanol–water partition coefficient (Wildman–Crippen LogP) is -1.32. The molecule has 1 aromatic rings. The molecule has 0 aliphatic carbocycles. The van der Waals surface area contributed by atoms with Crippen LogP contribution in [0.1, 0.15) is 0 Å². The van der Waals surface area contributed by atoms with Gasteiger partial charge in [-0.25, -0.2) is 5.84 Å². The Balaban J connectivity index is 0.000000288. The third kappa shape index (κ3) is 6.39. The summed E-state index contributed by atoms with van der Waals surface area (Å²) in [7, 11) is -2.15. The highest BCUT2D eigenvalue weighted by Gasteiger charge is 2.12. The smallest absolute Gasteiger partial charge is 0.367 e. The van der Waals surface area contributed by atoms with Crippen LogP contribution >= 0.6 is 8.03 Å². The number of guanidine groups is 1. The highest BCUT2D eigenvalue weighted by molar-refractivity contribution is 7.47. The molecular weight excluding hydrogens is 217 g/mol. The Labute approximate surface area is 87.8 Å². The first-order chi connectivity index (χ1) is 7.11. The molecule has 8 N–H and O–H groups in total. The molecule has 1 unspecified atom stereocenters. The number of nitrogens with two attached hydrogens (primary N) is 3. The molecule has 0 bridgehead atoms. The lowest BCUT2D eigenvalue weighted by Gasteiger charge is -1.89. The van der Waals surface area contributed by atoms with E-state index in [1.54, 1.807) is 24.3 Å². The van der Waals surface area contributed by atoms with Gasteiger partial charge in [-0.2, -0.15) is 4.89 Å². The average molecular weight is 230 g/mol. The molecule has 0 heterocycles. The maximum Gasteiger partial charge on any atom is 0.546 e. The summed E-state index contributed by atoms with van der Waals surface area (Å²) >= 11 is 0. The van der Waals surface area contributed by atoms with Crippen LogP contribution in [-0.2, 0) is 4.57 Å². The van der Waals surface area contributed by atoms with Gasteiger partial charge in [0.25, 0.3) is 0 Å². The van der Waals surface area contributed by atoms with Crippen LogP contribution in [0.15, 0.2) is 35.4 Å². The zero-order valence-corrected chi connectivity index (χ0v) is 8.76. The lowest BCUT2D eigenvalue weighted by Crippen LogP contribution is -2.37. The highest BCUT2D eigenvalue weighted by Crippen LogP contribution is 2.10. The quantitative estimate of drug-likeness (QED) is 0.133. The lowest BCUT2D eigenvalue weighted by molar-refractivity contribution is 0.513. The monoisotopic (exact) mass is 230 g/mol. The Bertz CT molecular complexity index is 329. The van der Waals surface area contributed by atoms with Crippen LogP contribution in [0.2, 0.25) is 0 Å². The molecule has 1 aromatic carbocycles. The van der Waals surface area contributed by atoms with Crippen molar-refractivity contribution < 1.29 is 9.46 Å². The van der Waals surface area contributed by atoms with Gasteiger partial charge in [-0.1, -0.05) is 18.2 Å².